The van der Waals surface area contributed by atoms with E-state index in [2.05, 4.69) is 29.5 Å². The Morgan fingerprint density at radius 2 is 2.03 bits per heavy atom. The molecule has 2 amide bonds. The summed E-state index contributed by atoms with van der Waals surface area (Å²) in [4.78, 5) is 27.6. The van der Waals surface area contributed by atoms with Crippen LogP contribution in [0.3, 0.4) is 0 Å². The van der Waals surface area contributed by atoms with Gasteiger partial charge in [0, 0.05) is 38.2 Å². The van der Waals surface area contributed by atoms with E-state index in [1.54, 1.807) is 30.3 Å². The summed E-state index contributed by atoms with van der Waals surface area (Å²) < 4.78 is 12.4. The molecule has 1 saturated heterocycles. The molecular formula is C22H30ClN5O4. The van der Waals surface area contributed by atoms with Crippen molar-refractivity contribution in [2.45, 2.75) is 52.1 Å². The molecule has 1 N–H and O–H groups in total. The van der Waals surface area contributed by atoms with Crippen LogP contribution < -0.4 is 5.32 Å². The highest BCUT2D eigenvalue weighted by Gasteiger charge is 2.40. The minimum Gasteiger partial charge on any atom is -0.378 e. The van der Waals surface area contributed by atoms with Crippen LogP contribution in [-0.4, -0.2) is 64.1 Å². The van der Waals surface area contributed by atoms with E-state index in [0.717, 1.165) is 5.56 Å². The summed E-state index contributed by atoms with van der Waals surface area (Å²) in [5.74, 6) is -0.0462. The molecule has 1 aromatic heterocycles. The average molecular weight is 464 g/mol. The smallest absolute Gasteiger partial charge is 0.245 e. The number of nitrogens with one attached hydrogen (secondary N) is 1. The van der Waals surface area contributed by atoms with Crippen LogP contribution in [0.25, 0.3) is 0 Å². The number of hydrogen-bond acceptors (Lipinski definition) is 6. The largest absolute Gasteiger partial charge is 0.378 e. The SMILES string of the molecule is COCc1cn(CC(=O)N2C[C@H](OCC(C)C)C[C@H]2C(=O)NCc2ccc(Cl)cc2)nn1. The number of hydrogen-bond donors (Lipinski definition) is 1. The van der Waals surface area contributed by atoms with Crippen LogP contribution in [0.2, 0.25) is 5.02 Å². The van der Waals surface area contributed by atoms with Gasteiger partial charge in [-0.05, 0) is 23.6 Å². The van der Waals surface area contributed by atoms with Crippen molar-refractivity contribution in [3.05, 3.63) is 46.7 Å². The normalized spacial score (nSPS) is 18.3. The summed E-state index contributed by atoms with van der Waals surface area (Å²) in [6, 6.07) is 6.67. The van der Waals surface area contributed by atoms with Gasteiger partial charge in [-0.1, -0.05) is 42.8 Å². The summed E-state index contributed by atoms with van der Waals surface area (Å²) in [7, 11) is 1.57. The summed E-state index contributed by atoms with van der Waals surface area (Å²) in [5.41, 5.74) is 1.57. The quantitative estimate of drug-likeness (QED) is 0.579. The Hall–Kier alpha value is -2.49. The molecule has 32 heavy (non-hydrogen) atoms. The third kappa shape index (κ3) is 6.75. The summed E-state index contributed by atoms with van der Waals surface area (Å²) in [6.45, 7) is 5.75. The molecule has 2 aromatic rings. The zero-order chi connectivity index (χ0) is 23.1. The van der Waals surface area contributed by atoms with Gasteiger partial charge in [0.15, 0.2) is 0 Å². The molecule has 174 valence electrons. The Morgan fingerprint density at radius 1 is 1.28 bits per heavy atom. The van der Waals surface area contributed by atoms with Crippen molar-refractivity contribution in [1.29, 1.82) is 0 Å². The number of halogens is 1. The van der Waals surface area contributed by atoms with Gasteiger partial charge in [-0.25, -0.2) is 4.68 Å². The average Bonchev–Trinajstić information content (AvgIpc) is 3.39. The first-order valence-electron chi connectivity index (χ1n) is 10.7. The summed E-state index contributed by atoms with van der Waals surface area (Å²) in [6.07, 6.45) is 1.93. The molecule has 1 aliphatic heterocycles. The lowest BCUT2D eigenvalue weighted by Gasteiger charge is -2.23. The number of aromatic nitrogens is 3. The van der Waals surface area contributed by atoms with Crippen molar-refractivity contribution in [2.24, 2.45) is 5.92 Å². The molecule has 10 heteroatoms. The maximum Gasteiger partial charge on any atom is 0.245 e. The molecule has 1 aromatic carbocycles. The fourth-order valence-electron chi connectivity index (χ4n) is 3.54. The molecule has 0 spiro atoms. The molecule has 1 fully saturated rings. The lowest BCUT2D eigenvalue weighted by molar-refractivity contribution is -0.139. The molecule has 1 aliphatic rings. The van der Waals surface area contributed by atoms with Crippen molar-refractivity contribution in [3.8, 4) is 0 Å². The maximum atomic E-state index is 13.0. The summed E-state index contributed by atoms with van der Waals surface area (Å²) >= 11 is 5.92. The van der Waals surface area contributed by atoms with Gasteiger partial charge < -0.3 is 19.7 Å². The Kier molecular flexibility index (Phi) is 8.60. The lowest BCUT2D eigenvalue weighted by atomic mass is 10.1. The molecular weight excluding hydrogens is 434 g/mol. The maximum absolute atomic E-state index is 13.0. The van der Waals surface area contributed by atoms with E-state index in [-0.39, 0.29) is 24.5 Å². The molecule has 2 heterocycles. The number of methoxy groups -OCH3 is 1. The van der Waals surface area contributed by atoms with Gasteiger partial charge in [0.05, 0.1) is 18.9 Å². The zero-order valence-electron chi connectivity index (χ0n) is 18.7. The van der Waals surface area contributed by atoms with Gasteiger partial charge in [-0.3, -0.25) is 9.59 Å². The number of nitrogens with zero attached hydrogens (tertiary/aromatic N) is 4. The van der Waals surface area contributed by atoms with Crippen molar-refractivity contribution < 1.29 is 19.1 Å². The molecule has 0 aliphatic carbocycles. The van der Waals surface area contributed by atoms with Gasteiger partial charge in [0.1, 0.15) is 18.3 Å². The van der Waals surface area contributed by atoms with Crippen molar-refractivity contribution in [1.82, 2.24) is 25.2 Å². The number of likely N-dealkylation sites (tertiary alicyclic amines) is 1. The Morgan fingerprint density at radius 3 is 2.72 bits per heavy atom. The fraction of sp³-hybridized carbons (Fsp3) is 0.545. The van der Waals surface area contributed by atoms with Crippen molar-refractivity contribution in [2.75, 3.05) is 20.3 Å². The highest BCUT2D eigenvalue weighted by Crippen LogP contribution is 2.22. The molecule has 0 saturated carbocycles. The lowest BCUT2D eigenvalue weighted by Crippen LogP contribution is -2.46. The highest BCUT2D eigenvalue weighted by atomic mass is 35.5. The second kappa shape index (κ2) is 11.4. The second-order valence-electron chi connectivity index (χ2n) is 8.33. The minimum absolute atomic E-state index is 0.00538. The third-order valence-corrected chi connectivity index (χ3v) is 5.36. The van der Waals surface area contributed by atoms with Crippen LogP contribution in [0, 0.1) is 5.92 Å². The first kappa shape index (κ1) is 24.2. The standard InChI is InChI=1S/C22H30ClN5O4/c1-15(2)13-32-19-8-20(22(30)24-9-16-4-6-17(23)7-5-16)28(11-19)21(29)12-27-10-18(14-31-3)25-26-27/h4-7,10,15,19-20H,8-9,11-14H2,1-3H3,(H,24,30)/t19-,20+/m1/s1. The van der Waals surface area contributed by atoms with Crippen LogP contribution in [-0.2, 0) is 38.8 Å². The fourth-order valence-corrected chi connectivity index (χ4v) is 3.67. The van der Waals surface area contributed by atoms with Gasteiger partial charge in [-0.15, -0.1) is 5.10 Å². The molecule has 0 bridgehead atoms. The Balaban J connectivity index is 1.65. The van der Waals surface area contributed by atoms with E-state index in [1.165, 1.54) is 4.68 Å². The number of amides is 2. The van der Waals surface area contributed by atoms with E-state index in [0.29, 0.717) is 49.4 Å². The van der Waals surface area contributed by atoms with E-state index in [4.69, 9.17) is 21.1 Å². The molecule has 3 rings (SSSR count). The van der Waals surface area contributed by atoms with Crippen LogP contribution in [0.15, 0.2) is 30.5 Å². The second-order valence-corrected chi connectivity index (χ2v) is 8.77. The number of carbonyl (C=O) groups excluding carboxylic acids is 2. The van der Waals surface area contributed by atoms with Gasteiger partial charge in [0.2, 0.25) is 11.8 Å². The van der Waals surface area contributed by atoms with Gasteiger partial charge >= 0.3 is 0 Å². The van der Waals surface area contributed by atoms with Crippen molar-refractivity contribution >= 4 is 23.4 Å². The van der Waals surface area contributed by atoms with Crippen LogP contribution in [0.4, 0.5) is 0 Å². The minimum atomic E-state index is -0.603. The topological polar surface area (TPSA) is 98.6 Å². The number of ether oxygens (including phenoxy) is 2. The molecule has 9 nitrogen and oxygen atoms in total. The number of rotatable bonds is 10. The summed E-state index contributed by atoms with van der Waals surface area (Å²) in [5, 5.41) is 11.5. The van der Waals surface area contributed by atoms with Gasteiger partial charge in [0.25, 0.3) is 0 Å². The Bertz CT molecular complexity index is 902. The predicted molar refractivity (Wildman–Crippen MR) is 119 cm³/mol. The van der Waals surface area contributed by atoms with Crippen LogP contribution in [0.5, 0.6) is 0 Å². The van der Waals surface area contributed by atoms with Crippen molar-refractivity contribution in [3.63, 3.8) is 0 Å². The van der Waals surface area contributed by atoms with Crippen LogP contribution >= 0.6 is 11.6 Å². The molecule has 0 radical (unpaired) electrons. The van der Waals surface area contributed by atoms with E-state index in [9.17, 15) is 9.59 Å². The molecule has 0 unspecified atom stereocenters. The predicted octanol–water partition coefficient (Wildman–Crippen LogP) is 2.04. The Labute approximate surface area is 193 Å². The van der Waals surface area contributed by atoms with E-state index in [1.807, 2.05) is 12.1 Å². The highest BCUT2D eigenvalue weighted by molar-refractivity contribution is 6.30. The molecule has 2 atom stereocenters. The first-order valence-corrected chi connectivity index (χ1v) is 11.0. The van der Waals surface area contributed by atoms with E-state index < -0.39 is 6.04 Å². The van der Waals surface area contributed by atoms with E-state index >= 15 is 0 Å². The van der Waals surface area contributed by atoms with Crippen LogP contribution in [0.1, 0.15) is 31.5 Å². The zero-order valence-corrected chi connectivity index (χ0v) is 19.4. The third-order valence-electron chi connectivity index (χ3n) is 5.11. The monoisotopic (exact) mass is 463 g/mol. The first-order chi connectivity index (χ1) is 15.4. The number of benzene rings is 1. The van der Waals surface area contributed by atoms with Gasteiger partial charge in [-0.2, -0.15) is 0 Å². The number of carbonyl (C=O) groups is 2.